The van der Waals surface area contributed by atoms with Crippen LogP contribution in [0.3, 0.4) is 0 Å². The van der Waals surface area contributed by atoms with E-state index in [1.165, 1.54) is 0 Å². The topological polar surface area (TPSA) is 152 Å². The van der Waals surface area contributed by atoms with Gasteiger partial charge in [-0.1, -0.05) is 10.2 Å². The standard InChI is InChI=1S/C6H3N6O6PS/c13-19(17-4-10-7-1-14-4,18-5-11-8-2-15-5)20-6-12-9-3-16-6/h1-3H. The van der Waals surface area contributed by atoms with Gasteiger partial charge in [0.1, 0.15) is 0 Å². The van der Waals surface area contributed by atoms with Crippen LogP contribution in [0.1, 0.15) is 0 Å². The van der Waals surface area contributed by atoms with Gasteiger partial charge in [-0.25, -0.2) is 4.57 Å². The molecule has 0 fully saturated rings. The molecule has 0 aromatic carbocycles. The second kappa shape index (κ2) is 5.30. The van der Waals surface area contributed by atoms with Crippen molar-refractivity contribution < 1.29 is 26.9 Å². The minimum absolute atomic E-state index is 0.0626. The van der Waals surface area contributed by atoms with E-state index in [1.54, 1.807) is 0 Å². The Morgan fingerprint density at radius 2 is 1.45 bits per heavy atom. The molecule has 3 rings (SSSR count). The van der Waals surface area contributed by atoms with Gasteiger partial charge in [-0.15, -0.1) is 20.4 Å². The summed E-state index contributed by atoms with van der Waals surface area (Å²) < 4.78 is 36.8. The third kappa shape index (κ3) is 2.95. The summed E-state index contributed by atoms with van der Waals surface area (Å²) >= 11 is 0.509. The lowest BCUT2D eigenvalue weighted by Gasteiger charge is -2.11. The first-order valence-electron chi connectivity index (χ1n) is 4.71. The lowest BCUT2D eigenvalue weighted by Crippen LogP contribution is -1.99. The van der Waals surface area contributed by atoms with E-state index in [0.29, 0.717) is 11.4 Å². The maximum Gasteiger partial charge on any atom is 0.509 e. The zero-order valence-electron chi connectivity index (χ0n) is 9.22. The van der Waals surface area contributed by atoms with Crippen molar-refractivity contribution in [3.8, 4) is 12.2 Å². The molecule has 3 aromatic heterocycles. The van der Waals surface area contributed by atoms with Crippen molar-refractivity contribution in [2.45, 2.75) is 5.22 Å². The summed E-state index contributed by atoms with van der Waals surface area (Å²) in [5.74, 6) is 0. The van der Waals surface area contributed by atoms with Crippen LogP contribution >= 0.6 is 18.2 Å². The van der Waals surface area contributed by atoms with Crippen LogP contribution in [0.5, 0.6) is 12.2 Å². The van der Waals surface area contributed by atoms with Gasteiger partial charge in [-0.2, -0.15) is 0 Å². The second-order valence-corrected chi connectivity index (χ2v) is 6.52. The third-order valence-electron chi connectivity index (χ3n) is 1.59. The molecule has 0 aliphatic rings. The summed E-state index contributed by atoms with van der Waals surface area (Å²) in [6.45, 7) is -3.96. The van der Waals surface area contributed by atoms with Gasteiger partial charge in [0.2, 0.25) is 19.2 Å². The van der Waals surface area contributed by atoms with Crippen LogP contribution in [-0.2, 0) is 4.57 Å². The molecular weight excluding hydrogens is 315 g/mol. The van der Waals surface area contributed by atoms with Crippen LogP contribution in [0.4, 0.5) is 0 Å². The van der Waals surface area contributed by atoms with Crippen molar-refractivity contribution in [3.63, 3.8) is 0 Å². The number of nitrogens with zero attached hydrogens (tertiary/aromatic N) is 6. The Kier molecular flexibility index (Phi) is 3.35. The maximum atomic E-state index is 12.6. The van der Waals surface area contributed by atoms with Gasteiger partial charge in [-0.05, 0) is 0 Å². The van der Waals surface area contributed by atoms with Crippen LogP contribution in [0.25, 0.3) is 0 Å². The molecule has 14 heteroatoms. The Balaban J connectivity index is 1.83. The molecule has 0 bridgehead atoms. The van der Waals surface area contributed by atoms with Gasteiger partial charge in [-0.3, -0.25) is 0 Å². The van der Waals surface area contributed by atoms with Crippen LogP contribution in [0.15, 0.2) is 37.7 Å². The SMILES string of the molecule is O=P(Oc1nnco1)(Oc1nnco1)Sc1nnco1. The van der Waals surface area contributed by atoms with Gasteiger partial charge >= 0.3 is 19.0 Å². The molecule has 0 saturated carbocycles. The molecule has 3 aromatic rings. The normalized spacial score (nSPS) is 11.4. The van der Waals surface area contributed by atoms with Gasteiger partial charge in [0.25, 0.3) is 5.22 Å². The molecule has 0 amide bonds. The molecule has 0 spiro atoms. The van der Waals surface area contributed by atoms with Gasteiger partial charge in [0.15, 0.2) is 0 Å². The molecule has 3 heterocycles. The van der Waals surface area contributed by atoms with E-state index < -0.39 is 6.80 Å². The number of aromatic nitrogens is 6. The largest absolute Gasteiger partial charge is 0.509 e. The monoisotopic (exact) mass is 318 g/mol. The maximum absolute atomic E-state index is 12.6. The third-order valence-corrected chi connectivity index (χ3v) is 4.49. The summed E-state index contributed by atoms with van der Waals surface area (Å²) in [4.78, 5) is 0. The molecule has 0 N–H and O–H groups in total. The van der Waals surface area contributed by atoms with Gasteiger partial charge in [0, 0.05) is 0 Å². The van der Waals surface area contributed by atoms with Gasteiger partial charge in [0.05, 0.1) is 11.4 Å². The van der Waals surface area contributed by atoms with E-state index in [9.17, 15) is 4.57 Å². The lowest BCUT2D eigenvalue weighted by molar-refractivity contribution is 0.302. The van der Waals surface area contributed by atoms with E-state index in [-0.39, 0.29) is 17.4 Å². The molecule has 0 saturated heterocycles. The number of hydrogen-bond acceptors (Lipinski definition) is 13. The first-order valence-corrected chi connectivity index (χ1v) is 7.67. The fourth-order valence-electron chi connectivity index (χ4n) is 0.951. The predicted molar refractivity (Wildman–Crippen MR) is 57.6 cm³/mol. The van der Waals surface area contributed by atoms with Crippen LogP contribution in [-0.4, -0.2) is 30.6 Å². The minimum atomic E-state index is -3.96. The van der Waals surface area contributed by atoms with Crippen LogP contribution < -0.4 is 9.05 Å². The van der Waals surface area contributed by atoms with E-state index in [4.69, 9.17) is 22.3 Å². The van der Waals surface area contributed by atoms with Crippen LogP contribution in [0.2, 0.25) is 0 Å². The first kappa shape index (κ1) is 12.6. The quantitative estimate of drug-likeness (QED) is 0.598. The van der Waals surface area contributed by atoms with Crippen molar-refractivity contribution in [1.29, 1.82) is 0 Å². The van der Waals surface area contributed by atoms with Gasteiger partial charge < -0.3 is 22.3 Å². The zero-order valence-corrected chi connectivity index (χ0v) is 10.9. The molecule has 104 valence electrons. The van der Waals surface area contributed by atoms with E-state index >= 15 is 0 Å². The highest BCUT2D eigenvalue weighted by molar-refractivity contribution is 8.55. The summed E-state index contributed by atoms with van der Waals surface area (Å²) in [5, 5.41) is 20.5. The second-order valence-electron chi connectivity index (χ2n) is 2.83. The van der Waals surface area contributed by atoms with Crippen molar-refractivity contribution >= 4 is 18.2 Å². The fourth-order valence-corrected chi connectivity index (χ4v) is 3.38. The Morgan fingerprint density at radius 3 is 1.90 bits per heavy atom. The highest BCUT2D eigenvalue weighted by Crippen LogP contribution is 2.61. The average Bonchev–Trinajstić information content (AvgIpc) is 3.11. The molecule has 0 unspecified atom stereocenters. The van der Waals surface area contributed by atoms with Crippen molar-refractivity contribution in [3.05, 3.63) is 19.2 Å². The van der Waals surface area contributed by atoms with E-state index in [0.717, 1.165) is 19.2 Å². The molecule has 0 aliphatic carbocycles. The van der Waals surface area contributed by atoms with Crippen molar-refractivity contribution in [2.24, 2.45) is 0 Å². The first-order chi connectivity index (χ1) is 9.73. The average molecular weight is 318 g/mol. The molecule has 0 aliphatic heterocycles. The summed E-state index contributed by atoms with van der Waals surface area (Å²) in [5.41, 5.74) is 0. The highest BCUT2D eigenvalue weighted by atomic mass is 32.7. The number of rotatable bonds is 6. The summed E-state index contributed by atoms with van der Waals surface area (Å²) in [7, 11) is 0. The smallest absolute Gasteiger partial charge is 0.418 e. The lowest BCUT2D eigenvalue weighted by atomic mass is 11.4. The zero-order chi connectivity index (χ0) is 13.8. The van der Waals surface area contributed by atoms with Crippen LogP contribution in [0, 0.1) is 0 Å². The molecule has 0 radical (unpaired) electrons. The molecule has 0 atom stereocenters. The predicted octanol–water partition coefficient (Wildman–Crippen LogP) is 1.19. The molecule has 12 nitrogen and oxygen atoms in total. The Labute approximate surface area is 113 Å². The minimum Gasteiger partial charge on any atom is -0.418 e. The van der Waals surface area contributed by atoms with Crippen molar-refractivity contribution in [1.82, 2.24) is 30.6 Å². The van der Waals surface area contributed by atoms with E-state index in [1.807, 2.05) is 0 Å². The van der Waals surface area contributed by atoms with E-state index in [2.05, 4.69) is 30.6 Å². The Bertz CT molecular complexity index is 590. The summed E-state index contributed by atoms with van der Waals surface area (Å²) in [6, 6.07) is 0. The highest BCUT2D eigenvalue weighted by Gasteiger charge is 2.37. The Hall–Kier alpha value is -2.40. The molecule has 20 heavy (non-hydrogen) atoms. The van der Waals surface area contributed by atoms with Crippen molar-refractivity contribution in [2.75, 3.05) is 0 Å². The fraction of sp³-hybridized carbons (Fsp3) is 0. The number of hydrogen-bond donors (Lipinski definition) is 0. The summed E-state index contributed by atoms with van der Waals surface area (Å²) in [6.07, 6.45) is 2.28. The Morgan fingerprint density at radius 1 is 0.900 bits per heavy atom. The molecular formula is C6H3N6O6PS.